The predicted molar refractivity (Wildman–Crippen MR) is 191 cm³/mol. The first-order chi connectivity index (χ1) is 24.0. The lowest BCUT2D eigenvalue weighted by atomic mass is 10.00. The van der Waals surface area contributed by atoms with E-state index < -0.39 is 12.2 Å². The van der Waals surface area contributed by atoms with Crippen molar-refractivity contribution >= 4 is 40.2 Å². The number of nitrogens with one attached hydrogen (secondary N) is 3. The van der Waals surface area contributed by atoms with Crippen molar-refractivity contribution in [2.45, 2.75) is 19.1 Å². The molecular formula is C37H37ClN4O8. The number of hydrogen-bond acceptors (Lipinski definition) is 8. The number of anilines is 1. The van der Waals surface area contributed by atoms with Gasteiger partial charge in [-0.1, -0.05) is 60.1 Å². The number of rotatable bonds is 14. The van der Waals surface area contributed by atoms with Gasteiger partial charge in [0.25, 0.3) is 5.91 Å². The van der Waals surface area contributed by atoms with Crippen LogP contribution in [0.3, 0.4) is 0 Å². The van der Waals surface area contributed by atoms with Gasteiger partial charge in [0, 0.05) is 55.3 Å². The van der Waals surface area contributed by atoms with Crippen LogP contribution < -0.4 is 25.7 Å². The van der Waals surface area contributed by atoms with E-state index in [0.29, 0.717) is 40.9 Å². The third-order valence-corrected chi connectivity index (χ3v) is 8.47. The van der Waals surface area contributed by atoms with E-state index in [0.717, 1.165) is 16.7 Å². The number of methoxy groups -OCH3 is 1. The van der Waals surface area contributed by atoms with Gasteiger partial charge in [0.1, 0.15) is 17.2 Å². The number of aromatic amines is 1. The number of phenolic OH excluding ortho intramolecular Hbond substituents is 1. The Bertz CT molecular complexity index is 2050. The van der Waals surface area contributed by atoms with Crippen LogP contribution in [0, 0.1) is 0 Å². The Kier molecular flexibility index (Phi) is 11.6. The fourth-order valence-corrected chi connectivity index (χ4v) is 5.76. The minimum absolute atomic E-state index is 0.0903. The largest absolute Gasteiger partial charge is 0.506 e. The van der Waals surface area contributed by atoms with E-state index in [4.69, 9.17) is 21.1 Å². The topological polar surface area (TPSA) is 173 Å². The molecule has 0 saturated heterocycles. The monoisotopic (exact) mass is 700 g/mol. The van der Waals surface area contributed by atoms with Gasteiger partial charge < -0.3 is 40.0 Å². The van der Waals surface area contributed by atoms with Crippen LogP contribution in [0.4, 0.5) is 10.5 Å². The number of pyridine rings is 1. The molecule has 0 aliphatic carbocycles. The average Bonchev–Trinajstić information content (AvgIpc) is 3.10. The van der Waals surface area contributed by atoms with Crippen molar-refractivity contribution in [1.29, 1.82) is 0 Å². The first-order valence-electron chi connectivity index (χ1n) is 15.7. The zero-order valence-electron chi connectivity index (χ0n) is 27.4. The maximum atomic E-state index is 12.9. The van der Waals surface area contributed by atoms with Crippen LogP contribution in [-0.2, 0) is 17.8 Å². The number of amides is 2. The Hall–Kier alpha value is -5.56. The third kappa shape index (κ3) is 8.72. The van der Waals surface area contributed by atoms with Gasteiger partial charge >= 0.3 is 6.09 Å². The Balaban J connectivity index is 1.15. The Morgan fingerprint density at radius 1 is 1.00 bits per heavy atom. The van der Waals surface area contributed by atoms with E-state index >= 15 is 0 Å². The van der Waals surface area contributed by atoms with Crippen LogP contribution in [0.15, 0.2) is 89.7 Å². The number of nitrogens with zero attached hydrogens (tertiary/aromatic N) is 1. The SMILES string of the molecule is COc1cc(OCC(=O)N(C)CCc2ccc(-c3ccccc3)c(NC(=O)O)c2)c(Cl)cc1CNC[C@@H](O)c1ccc(O)c2[nH]c(=O)ccc12. The molecule has 0 saturated carbocycles. The summed E-state index contributed by atoms with van der Waals surface area (Å²) < 4.78 is 11.3. The number of hydrogen-bond donors (Lipinski definition) is 6. The van der Waals surface area contributed by atoms with Crippen LogP contribution in [0.2, 0.25) is 5.02 Å². The fraction of sp³-hybridized carbons (Fsp3) is 0.216. The van der Waals surface area contributed by atoms with Crippen molar-refractivity contribution in [3.63, 3.8) is 0 Å². The van der Waals surface area contributed by atoms with E-state index in [1.165, 1.54) is 24.1 Å². The van der Waals surface area contributed by atoms with Gasteiger partial charge in [-0.15, -0.1) is 0 Å². The summed E-state index contributed by atoms with van der Waals surface area (Å²) in [6, 6.07) is 24.2. The zero-order chi connectivity index (χ0) is 35.8. The van der Waals surface area contributed by atoms with E-state index in [9.17, 15) is 29.7 Å². The molecule has 1 heterocycles. The molecular weight excluding hydrogens is 664 g/mol. The van der Waals surface area contributed by atoms with Crippen molar-refractivity contribution in [1.82, 2.24) is 15.2 Å². The van der Waals surface area contributed by atoms with E-state index in [1.807, 2.05) is 42.5 Å². The number of fused-ring (bicyclic) bond motifs is 1. The molecule has 4 aromatic carbocycles. The first kappa shape index (κ1) is 35.7. The summed E-state index contributed by atoms with van der Waals surface area (Å²) in [5.41, 5.74) is 4.06. The second kappa shape index (κ2) is 16.2. The summed E-state index contributed by atoms with van der Waals surface area (Å²) in [5, 5.41) is 36.8. The van der Waals surface area contributed by atoms with Crippen LogP contribution in [0.1, 0.15) is 22.8 Å². The normalized spacial score (nSPS) is 11.6. The molecule has 0 aliphatic rings. The smallest absolute Gasteiger partial charge is 0.409 e. The molecule has 1 atom stereocenters. The average molecular weight is 701 g/mol. The predicted octanol–water partition coefficient (Wildman–Crippen LogP) is 5.56. The summed E-state index contributed by atoms with van der Waals surface area (Å²) in [6.07, 6.45) is -1.63. The summed E-state index contributed by atoms with van der Waals surface area (Å²) in [4.78, 5) is 40.2. The molecule has 5 aromatic rings. The van der Waals surface area contributed by atoms with E-state index in [1.54, 1.807) is 37.4 Å². The third-order valence-electron chi connectivity index (χ3n) is 8.18. The van der Waals surface area contributed by atoms with Crippen LogP contribution in [-0.4, -0.2) is 71.1 Å². The quantitative estimate of drug-likeness (QED) is 0.0868. The first-order valence-corrected chi connectivity index (χ1v) is 16.1. The van der Waals surface area contributed by atoms with Gasteiger partial charge in [-0.25, -0.2) is 4.79 Å². The Morgan fingerprint density at radius 3 is 2.52 bits per heavy atom. The molecule has 0 aliphatic heterocycles. The van der Waals surface area contributed by atoms with Crippen molar-refractivity contribution in [2.24, 2.45) is 0 Å². The molecule has 0 bridgehead atoms. The van der Waals surface area contributed by atoms with Crippen LogP contribution in [0.25, 0.3) is 22.0 Å². The second-order valence-electron chi connectivity index (χ2n) is 11.6. The van der Waals surface area contributed by atoms with Crippen LogP contribution >= 0.6 is 11.6 Å². The number of phenols is 1. The molecule has 0 radical (unpaired) electrons. The number of likely N-dealkylation sites (N-methyl/N-ethyl adjacent to an activating group) is 1. The molecule has 50 heavy (non-hydrogen) atoms. The number of carboxylic acid groups (broad SMARTS) is 1. The van der Waals surface area contributed by atoms with Gasteiger partial charge in [0.05, 0.1) is 29.4 Å². The highest BCUT2D eigenvalue weighted by Crippen LogP contribution is 2.34. The molecule has 0 spiro atoms. The maximum absolute atomic E-state index is 12.9. The van der Waals surface area contributed by atoms with Crippen LogP contribution in [0.5, 0.6) is 17.2 Å². The summed E-state index contributed by atoms with van der Waals surface area (Å²) in [6.45, 7) is 0.525. The van der Waals surface area contributed by atoms with Gasteiger partial charge in [-0.05, 0) is 47.4 Å². The molecule has 2 amide bonds. The Labute approximate surface area is 292 Å². The zero-order valence-corrected chi connectivity index (χ0v) is 28.2. The highest BCUT2D eigenvalue weighted by atomic mass is 35.5. The standard InChI is InChI=1S/C37H37ClN4O8/c1-42(15-14-22-8-9-25(23-6-4-3-5-7-23)29(16-22)40-37(47)48)35(46)21-50-33-18-32(49-2)24(17-28(33)38)19-39-20-31(44)26-10-12-30(43)36-27(26)11-13-34(45)41-36/h3-13,16-18,31,39-40,43-44H,14-15,19-21H2,1-2H3,(H,41,45)(H,47,48)/t31-/m1/s1. The molecule has 12 nitrogen and oxygen atoms in total. The minimum Gasteiger partial charge on any atom is -0.506 e. The summed E-state index contributed by atoms with van der Waals surface area (Å²) >= 11 is 6.52. The molecule has 0 fully saturated rings. The number of benzene rings is 4. The maximum Gasteiger partial charge on any atom is 0.409 e. The lowest BCUT2D eigenvalue weighted by Crippen LogP contribution is -2.33. The highest BCUT2D eigenvalue weighted by molar-refractivity contribution is 6.32. The van der Waals surface area contributed by atoms with Crippen molar-refractivity contribution in [3.05, 3.63) is 117 Å². The van der Waals surface area contributed by atoms with Gasteiger partial charge in [-0.3, -0.25) is 14.9 Å². The number of aliphatic hydroxyl groups is 1. The van der Waals surface area contributed by atoms with E-state index in [-0.39, 0.29) is 53.2 Å². The van der Waals surface area contributed by atoms with Crippen molar-refractivity contribution < 1.29 is 34.4 Å². The Morgan fingerprint density at radius 2 is 1.78 bits per heavy atom. The fourth-order valence-electron chi connectivity index (χ4n) is 5.52. The number of ether oxygens (including phenoxy) is 2. The summed E-state index contributed by atoms with van der Waals surface area (Å²) in [5.74, 6) is 0.354. The number of aliphatic hydroxyl groups excluding tert-OH is 1. The van der Waals surface area contributed by atoms with Gasteiger partial charge in [0.15, 0.2) is 6.61 Å². The molecule has 260 valence electrons. The second-order valence-corrected chi connectivity index (χ2v) is 12.0. The number of aromatic hydroxyl groups is 1. The summed E-state index contributed by atoms with van der Waals surface area (Å²) in [7, 11) is 3.16. The number of halogens is 1. The molecule has 1 aromatic heterocycles. The number of carbonyl (C=O) groups is 2. The van der Waals surface area contributed by atoms with Gasteiger partial charge in [-0.2, -0.15) is 0 Å². The molecule has 6 N–H and O–H groups in total. The molecule has 5 rings (SSSR count). The highest BCUT2D eigenvalue weighted by Gasteiger charge is 2.17. The lowest BCUT2D eigenvalue weighted by Gasteiger charge is -2.19. The lowest BCUT2D eigenvalue weighted by molar-refractivity contribution is -0.132. The van der Waals surface area contributed by atoms with Crippen molar-refractivity contribution in [2.75, 3.05) is 39.2 Å². The molecule has 0 unspecified atom stereocenters. The van der Waals surface area contributed by atoms with E-state index in [2.05, 4.69) is 15.6 Å². The number of H-pyrrole nitrogens is 1. The molecule has 13 heteroatoms. The van der Waals surface area contributed by atoms with Gasteiger partial charge in [0.2, 0.25) is 5.56 Å². The minimum atomic E-state index is -1.16. The number of aromatic nitrogens is 1. The number of carbonyl (C=O) groups excluding carboxylic acids is 1. The van der Waals surface area contributed by atoms with Crippen molar-refractivity contribution in [3.8, 4) is 28.4 Å².